The van der Waals surface area contributed by atoms with Crippen LogP contribution in [0.3, 0.4) is 0 Å². The highest BCUT2D eigenvalue weighted by Gasteiger charge is 2.67. The summed E-state index contributed by atoms with van der Waals surface area (Å²) in [5.41, 5.74) is -0.156. The van der Waals surface area contributed by atoms with Gasteiger partial charge in [0.2, 0.25) is 34.1 Å². The van der Waals surface area contributed by atoms with Crippen LogP contribution in [0, 0.1) is 29.1 Å². The van der Waals surface area contributed by atoms with Gasteiger partial charge in [0.25, 0.3) is 5.91 Å². The lowest BCUT2D eigenvalue weighted by Crippen LogP contribution is -2.61. The molecule has 3 saturated carbocycles. The molecule has 9 atom stereocenters. The average Bonchev–Trinajstić information content (AvgIpc) is 4.09. The summed E-state index contributed by atoms with van der Waals surface area (Å²) in [5.74, 6) is -4.23. The van der Waals surface area contributed by atoms with Crippen LogP contribution in [-0.4, -0.2) is 102 Å². The molecule has 4 amide bonds. The number of carbonyl (C=O) groups is 4. The first kappa shape index (κ1) is 41.1. The van der Waals surface area contributed by atoms with E-state index >= 15 is 0 Å². The Hall–Kier alpha value is -4.61. The quantitative estimate of drug-likeness (QED) is 0.339. The Morgan fingerprint density at radius 1 is 1.05 bits per heavy atom. The topological polar surface area (TPSA) is 195 Å². The minimum Gasteiger partial charge on any atom is -0.497 e. The molecule has 0 radical (unpaired) electrons. The van der Waals surface area contributed by atoms with Crippen LogP contribution in [0.15, 0.2) is 29.8 Å². The van der Waals surface area contributed by atoms with Crippen molar-refractivity contribution in [1.82, 2.24) is 30.2 Å². The lowest BCUT2D eigenvalue weighted by atomic mass is 9.85. The first-order valence-electron chi connectivity index (χ1n) is 20.6. The number of hydrogen-bond donors (Lipinski definition) is 3. The van der Waals surface area contributed by atoms with Gasteiger partial charge in [-0.1, -0.05) is 52.2 Å². The summed E-state index contributed by atoms with van der Waals surface area (Å²) >= 11 is 0. The van der Waals surface area contributed by atoms with Gasteiger partial charge in [0.15, 0.2) is 0 Å². The second-order valence-electron chi connectivity index (χ2n) is 18.2. The summed E-state index contributed by atoms with van der Waals surface area (Å²) in [6.45, 7) is 6.74. The van der Waals surface area contributed by atoms with Gasteiger partial charge in [0, 0.05) is 23.8 Å². The minimum absolute atomic E-state index is 0.0688. The fourth-order valence-corrected chi connectivity index (χ4v) is 10.5. The number of nitrogens with one attached hydrogen (secondary N) is 3. The van der Waals surface area contributed by atoms with Crippen LogP contribution >= 0.6 is 0 Å². The third-order valence-electron chi connectivity index (χ3n) is 12.9. The fraction of sp³-hybridized carbons (Fsp3) is 0.659. The number of sulfonamides is 1. The molecule has 2 aromatic rings. The molecular weight excluding hydrogens is 791 g/mol. The van der Waals surface area contributed by atoms with Crippen molar-refractivity contribution < 1.29 is 50.6 Å². The van der Waals surface area contributed by atoms with E-state index in [-0.39, 0.29) is 24.4 Å². The second-order valence-corrected chi connectivity index (χ2v) is 20.1. The predicted molar refractivity (Wildman–Crippen MR) is 209 cm³/mol. The van der Waals surface area contributed by atoms with Gasteiger partial charge >= 0.3 is 6.09 Å². The van der Waals surface area contributed by atoms with E-state index in [2.05, 4.69) is 16.7 Å². The van der Waals surface area contributed by atoms with Crippen LogP contribution in [0.5, 0.6) is 11.6 Å². The van der Waals surface area contributed by atoms with Crippen molar-refractivity contribution in [1.29, 1.82) is 0 Å². The molecule has 8 rings (SSSR count). The molecule has 1 aromatic heterocycles. The van der Waals surface area contributed by atoms with Crippen molar-refractivity contribution in [2.24, 2.45) is 29.1 Å². The fourth-order valence-electron chi connectivity index (χ4n) is 9.16. The number of aryl methyl sites for hydroxylation is 1. The number of halogens is 2. The van der Waals surface area contributed by atoms with Gasteiger partial charge in [-0.05, 0) is 62.5 Å². The van der Waals surface area contributed by atoms with E-state index in [0.717, 1.165) is 25.7 Å². The maximum absolute atomic E-state index is 14.9. The maximum Gasteiger partial charge on any atom is 0.408 e. The number of alkyl halides is 2. The molecule has 6 aliphatic rings. The van der Waals surface area contributed by atoms with Crippen molar-refractivity contribution >= 4 is 44.9 Å². The number of amides is 4. The molecule has 2 bridgehead atoms. The molecule has 59 heavy (non-hydrogen) atoms. The smallest absolute Gasteiger partial charge is 0.408 e. The van der Waals surface area contributed by atoms with E-state index < -0.39 is 92.9 Å². The molecule has 15 nitrogen and oxygen atoms in total. The molecule has 1 aromatic carbocycles. The number of methoxy groups -OCH3 is 1. The summed E-state index contributed by atoms with van der Waals surface area (Å²) in [4.78, 5) is 67.6. The molecule has 0 unspecified atom stereocenters. The Labute approximate surface area is 341 Å². The SMILES string of the molecule is COc1ccc2nc3c(nc2c1)O[C@H]1CN(C(=O)[C@H](C(C)(C)C)NC(=O)O[C@@H]2C[C@@H]4C=C4[C@H]2CCCCC3)[C@H](C(=O)N[C@]2(C(=O)NS(=O)(=O)C3CC3)C[C@H]2C(F)F)[C@@H]1C. The lowest BCUT2D eigenvalue weighted by molar-refractivity contribution is -0.143. The normalized spacial score (nSPS) is 32.3. The molecule has 1 saturated heterocycles. The lowest BCUT2D eigenvalue weighted by Gasteiger charge is -2.36. The summed E-state index contributed by atoms with van der Waals surface area (Å²) < 4.78 is 74.1. The number of ether oxygens (including phenoxy) is 3. The minimum atomic E-state index is -4.15. The third-order valence-corrected chi connectivity index (χ3v) is 14.7. The van der Waals surface area contributed by atoms with E-state index in [1.54, 1.807) is 45.9 Å². The van der Waals surface area contributed by atoms with Gasteiger partial charge in [-0.2, -0.15) is 0 Å². The Morgan fingerprint density at radius 3 is 2.49 bits per heavy atom. The van der Waals surface area contributed by atoms with Gasteiger partial charge in [-0.15, -0.1) is 0 Å². The van der Waals surface area contributed by atoms with Gasteiger partial charge in [0.1, 0.15) is 41.3 Å². The first-order valence-corrected chi connectivity index (χ1v) is 22.1. The number of alkyl carbamates (subject to hydrolysis) is 1. The number of aromatic nitrogens is 2. The Morgan fingerprint density at radius 2 is 1.81 bits per heavy atom. The van der Waals surface area contributed by atoms with Gasteiger partial charge in [0.05, 0.1) is 35.9 Å². The van der Waals surface area contributed by atoms with Crippen molar-refractivity contribution in [2.75, 3.05) is 13.7 Å². The molecule has 4 fully saturated rings. The predicted octanol–water partition coefficient (Wildman–Crippen LogP) is 4.18. The maximum atomic E-state index is 14.9. The van der Waals surface area contributed by atoms with Crippen LogP contribution in [0.25, 0.3) is 11.0 Å². The molecule has 18 heteroatoms. The molecular formula is C41H52F2N6O9S. The van der Waals surface area contributed by atoms with Crippen LogP contribution in [0.2, 0.25) is 0 Å². The van der Waals surface area contributed by atoms with Crippen molar-refractivity contribution in [3.8, 4) is 11.6 Å². The zero-order chi connectivity index (χ0) is 42.2. The largest absolute Gasteiger partial charge is 0.497 e. The highest BCUT2D eigenvalue weighted by Crippen LogP contribution is 2.52. The monoisotopic (exact) mass is 842 g/mol. The summed E-state index contributed by atoms with van der Waals surface area (Å²) in [6.07, 6.45) is 1.78. The Bertz CT molecular complexity index is 2200. The standard InChI is InChI=1S/C41H52F2N6O9S/c1-20-31-19-49(32(20)35(50)47-41(18-26(41)34(42)43)38(52)48-59(54,55)23-12-13-23)37(51)33(40(2,3)4)46-39(53)58-30-16-21-15-25(21)24(30)9-7-6-8-10-28-36(57-31)45-29-17-22(56-5)11-14-27(29)44-28/h11,14-15,17,20-21,23-24,26,30-34H,6-10,12-13,16,18-19H2,1-5H3,(H,46,53)(H,47,50)(H,48,52)/t20-,21+,24-,26+,30-,31+,32+,33-,41-/m1/s1. The van der Waals surface area contributed by atoms with Crippen molar-refractivity contribution in [2.45, 2.75) is 127 Å². The molecule has 0 spiro atoms. The van der Waals surface area contributed by atoms with Crippen LogP contribution in [0.4, 0.5) is 13.6 Å². The average molecular weight is 843 g/mol. The first-order chi connectivity index (χ1) is 27.9. The van der Waals surface area contributed by atoms with Gasteiger partial charge in [-0.25, -0.2) is 32.0 Å². The molecule has 3 N–H and O–H groups in total. The van der Waals surface area contributed by atoms with Crippen LogP contribution in [0.1, 0.15) is 84.8 Å². The number of fused-ring (bicyclic) bond motifs is 7. The van der Waals surface area contributed by atoms with E-state index in [0.29, 0.717) is 54.1 Å². The Balaban J connectivity index is 1.15. The summed E-state index contributed by atoms with van der Waals surface area (Å²) in [5, 5.41) is 4.46. The third kappa shape index (κ3) is 8.04. The zero-order valence-corrected chi connectivity index (χ0v) is 34.7. The zero-order valence-electron chi connectivity index (χ0n) is 33.8. The van der Waals surface area contributed by atoms with E-state index in [1.807, 2.05) is 4.72 Å². The van der Waals surface area contributed by atoms with E-state index in [4.69, 9.17) is 24.2 Å². The van der Waals surface area contributed by atoms with Gasteiger partial charge in [-0.3, -0.25) is 19.1 Å². The second kappa shape index (κ2) is 15.1. The molecule has 4 aliphatic carbocycles. The number of allylic oxidation sites excluding steroid dienone is 1. The van der Waals surface area contributed by atoms with E-state index in [9.17, 15) is 36.4 Å². The number of carbonyl (C=O) groups excluding carboxylic acids is 4. The van der Waals surface area contributed by atoms with Gasteiger partial charge < -0.3 is 29.7 Å². The van der Waals surface area contributed by atoms with Crippen LogP contribution < -0.4 is 24.8 Å². The van der Waals surface area contributed by atoms with Crippen molar-refractivity contribution in [3.63, 3.8) is 0 Å². The summed E-state index contributed by atoms with van der Waals surface area (Å²) in [7, 11) is -2.61. The van der Waals surface area contributed by atoms with Crippen molar-refractivity contribution in [3.05, 3.63) is 35.5 Å². The number of rotatable bonds is 7. The molecule has 3 heterocycles. The molecule has 2 aliphatic heterocycles. The highest BCUT2D eigenvalue weighted by atomic mass is 32.2. The summed E-state index contributed by atoms with van der Waals surface area (Å²) in [6, 6.07) is 2.69. The Kier molecular flexibility index (Phi) is 10.6. The van der Waals surface area contributed by atoms with Crippen LogP contribution in [-0.2, 0) is 35.6 Å². The number of hydrogen-bond acceptors (Lipinski definition) is 11. The number of benzene rings is 1. The highest BCUT2D eigenvalue weighted by molar-refractivity contribution is 7.91. The number of nitrogens with zero attached hydrogens (tertiary/aromatic N) is 3. The molecule has 320 valence electrons. The van der Waals surface area contributed by atoms with E-state index in [1.165, 1.54) is 17.6 Å².